The van der Waals surface area contributed by atoms with Crippen LogP contribution in [0.25, 0.3) is 10.2 Å². The Morgan fingerprint density at radius 1 is 1.42 bits per heavy atom. The van der Waals surface area contributed by atoms with Crippen molar-refractivity contribution in [3.63, 3.8) is 0 Å². The van der Waals surface area contributed by atoms with Crippen LogP contribution in [0.5, 0.6) is 0 Å². The highest BCUT2D eigenvalue weighted by atomic mass is 32.1. The summed E-state index contributed by atoms with van der Waals surface area (Å²) in [6.45, 7) is 4.66. The minimum Gasteiger partial charge on any atom is -0.296 e. The molecule has 0 spiro atoms. The summed E-state index contributed by atoms with van der Waals surface area (Å²) >= 11 is 1.60. The molecule has 2 heterocycles. The third kappa shape index (κ3) is 2.69. The summed E-state index contributed by atoms with van der Waals surface area (Å²) in [5.74, 6) is 0.819. The normalized spacial score (nSPS) is 10.8. The first-order valence-electron chi connectivity index (χ1n) is 6.60. The van der Waals surface area contributed by atoms with Crippen LogP contribution in [0, 0.1) is 11.3 Å². The van der Waals surface area contributed by atoms with Crippen molar-refractivity contribution in [1.82, 2.24) is 9.55 Å². The number of aryl methyl sites for hydroxylation is 2. The standard InChI is InChI=1S/C14H17N3OS/c1-3-10-9-11-13(19-10)16-12(4-2)17(14(11)18)8-6-5-7-15/h9H,3-6,8H2,1-2H3. The maximum atomic E-state index is 12.5. The van der Waals surface area contributed by atoms with Crippen molar-refractivity contribution in [3.05, 3.63) is 27.1 Å². The van der Waals surface area contributed by atoms with Crippen LogP contribution in [0.2, 0.25) is 0 Å². The van der Waals surface area contributed by atoms with Crippen molar-refractivity contribution in [2.75, 3.05) is 0 Å². The summed E-state index contributed by atoms with van der Waals surface area (Å²) < 4.78 is 1.73. The minimum atomic E-state index is 0.0377. The number of aromatic nitrogens is 2. The van der Waals surface area contributed by atoms with Gasteiger partial charge in [0.25, 0.3) is 5.56 Å². The zero-order valence-electron chi connectivity index (χ0n) is 11.3. The molecule has 0 fully saturated rings. The smallest absolute Gasteiger partial charge is 0.262 e. The van der Waals surface area contributed by atoms with Gasteiger partial charge >= 0.3 is 0 Å². The first-order valence-corrected chi connectivity index (χ1v) is 7.42. The van der Waals surface area contributed by atoms with E-state index in [1.165, 1.54) is 4.88 Å². The van der Waals surface area contributed by atoms with Gasteiger partial charge in [-0.1, -0.05) is 13.8 Å². The molecule has 5 heteroatoms. The molecule has 0 atom stereocenters. The molecule has 0 amide bonds. The van der Waals surface area contributed by atoms with E-state index in [9.17, 15) is 4.79 Å². The largest absolute Gasteiger partial charge is 0.296 e. The molecule has 100 valence electrons. The molecular formula is C14H17N3OS. The van der Waals surface area contributed by atoms with Crippen LogP contribution < -0.4 is 5.56 Å². The van der Waals surface area contributed by atoms with E-state index in [1.54, 1.807) is 15.9 Å². The Balaban J connectivity index is 2.52. The number of unbranched alkanes of at least 4 members (excludes halogenated alkanes) is 1. The van der Waals surface area contributed by atoms with Crippen LogP contribution >= 0.6 is 11.3 Å². The fraction of sp³-hybridized carbons (Fsp3) is 0.500. The Labute approximate surface area is 116 Å². The van der Waals surface area contributed by atoms with Crippen molar-refractivity contribution >= 4 is 21.6 Å². The van der Waals surface area contributed by atoms with Gasteiger partial charge in [-0.05, 0) is 18.9 Å². The summed E-state index contributed by atoms with van der Waals surface area (Å²) in [6.07, 6.45) is 2.83. The highest BCUT2D eigenvalue weighted by molar-refractivity contribution is 7.18. The van der Waals surface area contributed by atoms with Crippen molar-refractivity contribution < 1.29 is 0 Å². The quantitative estimate of drug-likeness (QED) is 0.788. The van der Waals surface area contributed by atoms with E-state index >= 15 is 0 Å². The molecular weight excluding hydrogens is 258 g/mol. The molecule has 4 nitrogen and oxygen atoms in total. The van der Waals surface area contributed by atoms with E-state index in [4.69, 9.17) is 5.26 Å². The zero-order valence-corrected chi connectivity index (χ0v) is 12.1. The van der Waals surface area contributed by atoms with E-state index in [0.29, 0.717) is 19.4 Å². The number of hydrogen-bond acceptors (Lipinski definition) is 4. The van der Waals surface area contributed by atoms with Crippen LogP contribution in [-0.2, 0) is 19.4 Å². The first kappa shape index (κ1) is 13.8. The second-order valence-electron chi connectivity index (χ2n) is 4.39. The van der Waals surface area contributed by atoms with Gasteiger partial charge < -0.3 is 0 Å². The molecule has 0 aromatic carbocycles. The lowest BCUT2D eigenvalue weighted by Crippen LogP contribution is -2.24. The molecule has 0 aliphatic heterocycles. The molecule has 0 saturated heterocycles. The van der Waals surface area contributed by atoms with Crippen LogP contribution in [-0.4, -0.2) is 9.55 Å². The predicted octanol–water partition coefficient (Wildman–Crippen LogP) is 2.89. The summed E-state index contributed by atoms with van der Waals surface area (Å²) in [5, 5.41) is 9.31. The second kappa shape index (κ2) is 5.98. The number of rotatable bonds is 5. The molecule has 0 unspecified atom stereocenters. The number of nitrogens with zero attached hydrogens (tertiary/aromatic N) is 3. The molecule has 0 N–H and O–H groups in total. The SMILES string of the molecule is CCc1cc2c(=O)n(CCCC#N)c(CC)nc2s1. The van der Waals surface area contributed by atoms with Crippen LogP contribution in [0.4, 0.5) is 0 Å². The van der Waals surface area contributed by atoms with Gasteiger partial charge in [-0.25, -0.2) is 4.98 Å². The van der Waals surface area contributed by atoms with Gasteiger partial charge in [-0.2, -0.15) is 5.26 Å². The molecule has 0 aliphatic rings. The highest BCUT2D eigenvalue weighted by Gasteiger charge is 2.12. The number of hydrogen-bond donors (Lipinski definition) is 0. The molecule has 2 aromatic rings. The molecule has 0 radical (unpaired) electrons. The summed E-state index contributed by atoms with van der Waals surface area (Å²) in [5.41, 5.74) is 0.0377. The Morgan fingerprint density at radius 3 is 2.84 bits per heavy atom. The average molecular weight is 275 g/mol. The number of fused-ring (bicyclic) bond motifs is 1. The second-order valence-corrected chi connectivity index (χ2v) is 5.50. The molecule has 0 saturated carbocycles. The molecule has 0 aliphatic carbocycles. The average Bonchev–Trinajstić information content (AvgIpc) is 2.84. The number of nitriles is 1. The van der Waals surface area contributed by atoms with Gasteiger partial charge in [0.2, 0.25) is 0 Å². The van der Waals surface area contributed by atoms with E-state index < -0.39 is 0 Å². The maximum absolute atomic E-state index is 12.5. The maximum Gasteiger partial charge on any atom is 0.262 e. The van der Waals surface area contributed by atoms with Crippen molar-refractivity contribution in [1.29, 1.82) is 5.26 Å². The lowest BCUT2D eigenvalue weighted by Gasteiger charge is -2.09. The lowest BCUT2D eigenvalue weighted by atomic mass is 10.3. The van der Waals surface area contributed by atoms with Crippen LogP contribution in [0.15, 0.2) is 10.9 Å². The third-order valence-electron chi connectivity index (χ3n) is 3.12. The van der Waals surface area contributed by atoms with Gasteiger partial charge in [0.05, 0.1) is 11.5 Å². The Morgan fingerprint density at radius 2 is 2.21 bits per heavy atom. The van der Waals surface area contributed by atoms with Gasteiger partial charge in [0.15, 0.2) is 0 Å². The van der Waals surface area contributed by atoms with Crippen molar-refractivity contribution in [3.8, 4) is 6.07 Å². The Kier molecular flexibility index (Phi) is 4.33. The van der Waals surface area contributed by atoms with E-state index in [1.807, 2.05) is 13.0 Å². The fourth-order valence-electron chi connectivity index (χ4n) is 2.10. The van der Waals surface area contributed by atoms with Crippen molar-refractivity contribution in [2.45, 2.75) is 46.1 Å². The first-order chi connectivity index (χ1) is 9.21. The van der Waals surface area contributed by atoms with Crippen LogP contribution in [0.1, 0.15) is 37.4 Å². The molecule has 0 bridgehead atoms. The number of thiophene rings is 1. The Bertz CT molecular complexity index is 678. The predicted molar refractivity (Wildman–Crippen MR) is 77.5 cm³/mol. The molecule has 2 rings (SSSR count). The fourth-order valence-corrected chi connectivity index (χ4v) is 3.08. The van der Waals surface area contributed by atoms with E-state index in [2.05, 4.69) is 18.0 Å². The molecule has 2 aromatic heterocycles. The highest BCUT2D eigenvalue weighted by Crippen LogP contribution is 2.22. The van der Waals surface area contributed by atoms with Gasteiger partial charge in [-0.15, -0.1) is 11.3 Å². The van der Waals surface area contributed by atoms with Gasteiger partial charge in [0, 0.05) is 24.3 Å². The summed E-state index contributed by atoms with van der Waals surface area (Å²) in [4.78, 5) is 19.1. The summed E-state index contributed by atoms with van der Waals surface area (Å²) in [7, 11) is 0. The van der Waals surface area contributed by atoms with Gasteiger partial charge in [0.1, 0.15) is 10.7 Å². The zero-order chi connectivity index (χ0) is 13.8. The van der Waals surface area contributed by atoms with E-state index in [0.717, 1.165) is 28.9 Å². The van der Waals surface area contributed by atoms with Crippen LogP contribution in [0.3, 0.4) is 0 Å². The topological polar surface area (TPSA) is 58.7 Å². The minimum absolute atomic E-state index is 0.0377. The van der Waals surface area contributed by atoms with Gasteiger partial charge in [-0.3, -0.25) is 9.36 Å². The molecule has 19 heavy (non-hydrogen) atoms. The summed E-state index contributed by atoms with van der Waals surface area (Å²) in [6, 6.07) is 4.07. The third-order valence-corrected chi connectivity index (χ3v) is 4.29. The lowest BCUT2D eigenvalue weighted by molar-refractivity contribution is 0.594. The Hall–Kier alpha value is -1.67. The van der Waals surface area contributed by atoms with Crippen molar-refractivity contribution in [2.24, 2.45) is 0 Å². The van der Waals surface area contributed by atoms with E-state index in [-0.39, 0.29) is 5.56 Å². The monoisotopic (exact) mass is 275 g/mol.